The van der Waals surface area contributed by atoms with Crippen LogP contribution in [-0.2, 0) is 0 Å². The Hall–Kier alpha value is -2.77. The Labute approximate surface area is 123 Å². The van der Waals surface area contributed by atoms with Crippen LogP contribution in [0.15, 0.2) is 65.8 Å². The monoisotopic (exact) mass is 273 g/mol. The quantitative estimate of drug-likeness (QED) is 0.192. The van der Waals surface area contributed by atoms with E-state index in [1.807, 2.05) is 0 Å². The number of benzene rings is 3. The minimum absolute atomic E-state index is 0.496. The SMILES string of the molecule is [N-]=[N+]=NCCC=Cc1c2ccccc2cc2ccccc12. The van der Waals surface area contributed by atoms with Crippen molar-refractivity contribution in [3.8, 4) is 0 Å². The zero-order valence-corrected chi connectivity index (χ0v) is 11.6. The molecule has 102 valence electrons. The van der Waals surface area contributed by atoms with Gasteiger partial charge in [0.15, 0.2) is 0 Å². The van der Waals surface area contributed by atoms with Gasteiger partial charge in [0.1, 0.15) is 0 Å². The summed E-state index contributed by atoms with van der Waals surface area (Å²) in [6, 6.07) is 19.0. The Morgan fingerprint density at radius 1 is 0.952 bits per heavy atom. The maximum Gasteiger partial charge on any atom is 0.0292 e. The van der Waals surface area contributed by atoms with Crippen LogP contribution in [0.3, 0.4) is 0 Å². The lowest BCUT2D eigenvalue weighted by atomic mass is 9.96. The first-order valence-electron chi connectivity index (χ1n) is 6.98. The molecule has 0 radical (unpaired) electrons. The molecule has 0 heterocycles. The van der Waals surface area contributed by atoms with Crippen molar-refractivity contribution in [2.24, 2.45) is 5.11 Å². The summed E-state index contributed by atoms with van der Waals surface area (Å²) in [5.41, 5.74) is 9.53. The van der Waals surface area contributed by atoms with Crippen molar-refractivity contribution >= 4 is 27.6 Å². The summed E-state index contributed by atoms with van der Waals surface area (Å²) in [6.07, 6.45) is 4.96. The molecular weight excluding hydrogens is 258 g/mol. The predicted octanol–water partition coefficient (Wildman–Crippen LogP) is 5.71. The van der Waals surface area contributed by atoms with E-state index in [0.29, 0.717) is 6.54 Å². The Bertz CT molecular complexity index is 805. The third kappa shape index (κ3) is 2.73. The third-order valence-corrected chi connectivity index (χ3v) is 3.56. The molecule has 3 aromatic carbocycles. The van der Waals surface area contributed by atoms with Gasteiger partial charge in [0.25, 0.3) is 0 Å². The van der Waals surface area contributed by atoms with E-state index in [9.17, 15) is 0 Å². The van der Waals surface area contributed by atoms with Gasteiger partial charge in [-0.25, -0.2) is 0 Å². The lowest BCUT2D eigenvalue weighted by Gasteiger charge is -2.08. The topological polar surface area (TPSA) is 48.8 Å². The number of hydrogen-bond donors (Lipinski definition) is 0. The maximum atomic E-state index is 8.30. The summed E-state index contributed by atoms with van der Waals surface area (Å²) in [7, 11) is 0. The Balaban J connectivity index is 2.13. The van der Waals surface area contributed by atoms with Crippen molar-refractivity contribution in [1.82, 2.24) is 0 Å². The lowest BCUT2D eigenvalue weighted by molar-refractivity contribution is 0.996. The van der Waals surface area contributed by atoms with Crippen LogP contribution in [0.1, 0.15) is 12.0 Å². The van der Waals surface area contributed by atoms with Gasteiger partial charge >= 0.3 is 0 Å². The Kier molecular flexibility index (Phi) is 3.85. The van der Waals surface area contributed by atoms with Gasteiger partial charge in [0.05, 0.1) is 0 Å². The van der Waals surface area contributed by atoms with Crippen molar-refractivity contribution in [3.63, 3.8) is 0 Å². The van der Waals surface area contributed by atoms with Gasteiger partial charge in [-0.05, 0) is 45.1 Å². The fourth-order valence-electron chi connectivity index (χ4n) is 2.61. The van der Waals surface area contributed by atoms with Crippen LogP contribution in [0.4, 0.5) is 0 Å². The van der Waals surface area contributed by atoms with Crippen molar-refractivity contribution in [2.45, 2.75) is 6.42 Å². The normalized spacial score (nSPS) is 11.0. The molecule has 3 heteroatoms. The molecule has 0 unspecified atom stereocenters. The first-order valence-corrected chi connectivity index (χ1v) is 6.98. The van der Waals surface area contributed by atoms with Crippen LogP contribution >= 0.6 is 0 Å². The average Bonchev–Trinajstić information content (AvgIpc) is 2.53. The summed E-state index contributed by atoms with van der Waals surface area (Å²) >= 11 is 0. The molecule has 0 saturated carbocycles. The zero-order valence-electron chi connectivity index (χ0n) is 11.6. The van der Waals surface area contributed by atoms with Crippen LogP contribution in [0, 0.1) is 0 Å². The second kappa shape index (κ2) is 6.12. The van der Waals surface area contributed by atoms with E-state index in [1.54, 1.807) is 0 Å². The Morgan fingerprint density at radius 2 is 1.57 bits per heavy atom. The molecule has 0 aliphatic rings. The molecule has 0 saturated heterocycles. The predicted molar refractivity (Wildman–Crippen MR) is 89.1 cm³/mol. The molecule has 0 aliphatic heterocycles. The van der Waals surface area contributed by atoms with Gasteiger partial charge in [-0.3, -0.25) is 0 Å². The van der Waals surface area contributed by atoms with E-state index < -0.39 is 0 Å². The summed E-state index contributed by atoms with van der Waals surface area (Å²) in [4.78, 5) is 2.77. The smallest absolute Gasteiger partial charge is 0.0292 e. The van der Waals surface area contributed by atoms with Gasteiger partial charge in [0, 0.05) is 11.5 Å². The minimum atomic E-state index is 0.496. The molecular formula is C18H15N3. The molecule has 0 aliphatic carbocycles. The molecule has 3 aromatic rings. The van der Waals surface area contributed by atoms with E-state index in [-0.39, 0.29) is 0 Å². The van der Waals surface area contributed by atoms with Crippen molar-refractivity contribution in [1.29, 1.82) is 0 Å². The largest absolute Gasteiger partial charge is 0.0937 e. The summed E-state index contributed by atoms with van der Waals surface area (Å²) < 4.78 is 0. The highest BCUT2D eigenvalue weighted by Crippen LogP contribution is 2.29. The van der Waals surface area contributed by atoms with Gasteiger partial charge in [-0.15, -0.1) is 0 Å². The zero-order chi connectivity index (χ0) is 14.5. The fraction of sp³-hybridized carbons (Fsp3) is 0.111. The third-order valence-electron chi connectivity index (χ3n) is 3.56. The second-order valence-electron chi connectivity index (χ2n) is 4.88. The van der Waals surface area contributed by atoms with E-state index in [4.69, 9.17) is 5.53 Å². The van der Waals surface area contributed by atoms with Gasteiger partial charge in [0.2, 0.25) is 0 Å². The summed E-state index contributed by atoms with van der Waals surface area (Å²) in [5.74, 6) is 0. The molecule has 0 fully saturated rings. The second-order valence-corrected chi connectivity index (χ2v) is 4.88. The van der Waals surface area contributed by atoms with Crippen molar-refractivity contribution < 1.29 is 0 Å². The molecule has 0 amide bonds. The number of nitrogens with zero attached hydrogens (tertiary/aromatic N) is 3. The molecule has 3 rings (SSSR count). The summed E-state index contributed by atoms with van der Waals surface area (Å²) in [5, 5.41) is 8.53. The lowest BCUT2D eigenvalue weighted by Crippen LogP contribution is -1.83. The highest BCUT2D eigenvalue weighted by Gasteiger charge is 2.04. The van der Waals surface area contributed by atoms with Gasteiger partial charge in [-0.1, -0.05) is 65.8 Å². The number of rotatable bonds is 4. The number of hydrogen-bond acceptors (Lipinski definition) is 1. The average molecular weight is 273 g/mol. The van der Waals surface area contributed by atoms with Crippen LogP contribution in [0.5, 0.6) is 0 Å². The van der Waals surface area contributed by atoms with Crippen LogP contribution in [0.2, 0.25) is 0 Å². The van der Waals surface area contributed by atoms with Crippen LogP contribution in [-0.4, -0.2) is 6.54 Å². The highest BCUT2D eigenvalue weighted by atomic mass is 15.1. The highest BCUT2D eigenvalue weighted by molar-refractivity contribution is 6.06. The standard InChI is InChI=1S/C18H15N3/c19-21-20-12-6-5-11-18-16-9-3-1-7-14(16)13-15-8-2-4-10-17(15)18/h1-5,7-11,13H,6,12H2. The van der Waals surface area contributed by atoms with Gasteiger partial charge in [-0.2, -0.15) is 0 Å². The van der Waals surface area contributed by atoms with Gasteiger partial charge < -0.3 is 0 Å². The molecule has 0 bridgehead atoms. The van der Waals surface area contributed by atoms with Crippen molar-refractivity contribution in [3.05, 3.63) is 76.7 Å². The van der Waals surface area contributed by atoms with Crippen LogP contribution in [0.25, 0.3) is 38.1 Å². The Morgan fingerprint density at radius 3 is 2.19 bits per heavy atom. The maximum absolute atomic E-state index is 8.30. The minimum Gasteiger partial charge on any atom is -0.0937 e. The van der Waals surface area contributed by atoms with Crippen molar-refractivity contribution in [2.75, 3.05) is 6.54 Å². The first kappa shape index (κ1) is 13.2. The molecule has 21 heavy (non-hydrogen) atoms. The van der Waals surface area contributed by atoms with E-state index in [0.717, 1.165) is 6.42 Å². The number of azide groups is 1. The molecule has 0 atom stereocenters. The first-order chi connectivity index (χ1) is 10.4. The molecule has 0 aromatic heterocycles. The number of fused-ring (bicyclic) bond motifs is 2. The molecule has 3 nitrogen and oxygen atoms in total. The summed E-state index contributed by atoms with van der Waals surface area (Å²) in [6.45, 7) is 0.496. The fourth-order valence-corrected chi connectivity index (χ4v) is 2.61. The molecule has 0 N–H and O–H groups in total. The van der Waals surface area contributed by atoms with Crippen LogP contribution < -0.4 is 0 Å². The molecule has 0 spiro atoms. The van der Waals surface area contributed by atoms with E-state index in [2.05, 4.69) is 76.8 Å². The van der Waals surface area contributed by atoms with E-state index in [1.165, 1.54) is 27.1 Å². The van der Waals surface area contributed by atoms with E-state index >= 15 is 0 Å².